The third-order valence-electron chi connectivity index (χ3n) is 4.06. The second-order valence-corrected chi connectivity index (χ2v) is 8.06. The number of carbonyl (C=O) groups is 1. The molecule has 0 saturated carbocycles. The third-order valence-corrected chi connectivity index (χ3v) is 5.58. The average molecular weight is 494 g/mol. The number of allylic oxidation sites excluding steroid dienone is 1. The topological polar surface area (TPSA) is 112 Å². The van der Waals surface area contributed by atoms with Crippen molar-refractivity contribution in [2.75, 3.05) is 11.1 Å². The van der Waals surface area contributed by atoms with E-state index in [1.54, 1.807) is 34.9 Å². The highest BCUT2D eigenvalue weighted by Crippen LogP contribution is 2.29. The summed E-state index contributed by atoms with van der Waals surface area (Å²) in [5, 5.41) is 23.2. The molecule has 1 amide bonds. The molecule has 0 aliphatic carbocycles. The summed E-state index contributed by atoms with van der Waals surface area (Å²) in [6.45, 7) is 4.20. The molecule has 0 atom stereocenters. The van der Waals surface area contributed by atoms with Crippen molar-refractivity contribution in [3.8, 4) is 5.75 Å². The highest BCUT2D eigenvalue weighted by molar-refractivity contribution is 7.99. The zero-order chi connectivity index (χ0) is 23.1. The maximum atomic E-state index is 12.3. The van der Waals surface area contributed by atoms with Crippen LogP contribution >= 0.6 is 35.0 Å². The Labute approximate surface area is 197 Å². The van der Waals surface area contributed by atoms with Gasteiger partial charge in [0.15, 0.2) is 11.0 Å². The number of anilines is 1. The molecule has 0 fully saturated rings. The van der Waals surface area contributed by atoms with Gasteiger partial charge in [0, 0.05) is 23.7 Å². The lowest BCUT2D eigenvalue weighted by atomic mass is 10.2. The molecule has 0 bridgehead atoms. The number of nitro benzene ring substituents is 1. The number of carbonyl (C=O) groups excluding carboxylic acids is 1. The minimum absolute atomic E-state index is 0.0255. The van der Waals surface area contributed by atoms with Crippen molar-refractivity contribution in [3.63, 3.8) is 0 Å². The molecule has 0 radical (unpaired) electrons. The number of benzene rings is 2. The van der Waals surface area contributed by atoms with E-state index >= 15 is 0 Å². The normalized spacial score (nSPS) is 10.6. The number of nitrogens with one attached hydrogen (secondary N) is 1. The second kappa shape index (κ2) is 11.0. The van der Waals surface area contributed by atoms with E-state index in [4.69, 9.17) is 27.9 Å². The average Bonchev–Trinajstić information content (AvgIpc) is 3.15. The maximum absolute atomic E-state index is 12.3. The number of hydrogen-bond donors (Lipinski definition) is 1. The van der Waals surface area contributed by atoms with Gasteiger partial charge in [0.2, 0.25) is 5.91 Å². The Bertz CT molecular complexity index is 1150. The molecule has 2 aromatic carbocycles. The van der Waals surface area contributed by atoms with Crippen molar-refractivity contribution in [1.82, 2.24) is 14.8 Å². The van der Waals surface area contributed by atoms with Gasteiger partial charge in [-0.2, -0.15) is 0 Å². The van der Waals surface area contributed by atoms with Crippen LogP contribution < -0.4 is 10.1 Å². The first-order valence-corrected chi connectivity index (χ1v) is 10.9. The van der Waals surface area contributed by atoms with Gasteiger partial charge in [-0.15, -0.1) is 16.8 Å². The molecule has 0 aliphatic heterocycles. The Morgan fingerprint density at radius 3 is 2.81 bits per heavy atom. The SMILES string of the molecule is C=CCn1c(COc2cc(Cl)ccc2Cl)nnc1SCC(=O)Nc1ccccc1[N+](=O)[O-]. The molecule has 1 heterocycles. The molecule has 12 heteroatoms. The van der Waals surface area contributed by atoms with E-state index in [0.29, 0.717) is 33.3 Å². The lowest BCUT2D eigenvalue weighted by Gasteiger charge is -2.10. The van der Waals surface area contributed by atoms with Gasteiger partial charge in [0.05, 0.1) is 15.7 Å². The van der Waals surface area contributed by atoms with Crippen LogP contribution in [0.15, 0.2) is 60.3 Å². The summed E-state index contributed by atoms with van der Waals surface area (Å²) < 4.78 is 7.46. The molecule has 1 N–H and O–H groups in total. The summed E-state index contributed by atoms with van der Waals surface area (Å²) in [4.78, 5) is 22.9. The summed E-state index contributed by atoms with van der Waals surface area (Å²) in [7, 11) is 0. The Balaban J connectivity index is 1.66. The number of aromatic nitrogens is 3. The van der Waals surface area contributed by atoms with Gasteiger partial charge < -0.3 is 10.1 Å². The van der Waals surface area contributed by atoms with E-state index in [-0.39, 0.29) is 23.7 Å². The van der Waals surface area contributed by atoms with Gasteiger partial charge >= 0.3 is 0 Å². The Morgan fingerprint density at radius 1 is 1.28 bits per heavy atom. The quantitative estimate of drug-likeness (QED) is 0.183. The lowest BCUT2D eigenvalue weighted by molar-refractivity contribution is -0.383. The molecule has 3 aromatic rings. The molecule has 9 nitrogen and oxygen atoms in total. The number of nitrogens with zero attached hydrogens (tertiary/aromatic N) is 4. The van der Waals surface area contributed by atoms with Crippen LogP contribution in [-0.2, 0) is 17.9 Å². The van der Waals surface area contributed by atoms with Crippen molar-refractivity contribution in [3.05, 3.63) is 81.1 Å². The molecule has 0 unspecified atom stereocenters. The zero-order valence-corrected chi connectivity index (χ0v) is 18.9. The van der Waals surface area contributed by atoms with Crippen LogP contribution in [0.3, 0.4) is 0 Å². The molecule has 1 aromatic heterocycles. The number of thioether (sulfide) groups is 1. The fourth-order valence-corrected chi connectivity index (χ4v) is 3.73. The molecule has 166 valence electrons. The molecule has 32 heavy (non-hydrogen) atoms. The largest absolute Gasteiger partial charge is 0.484 e. The lowest BCUT2D eigenvalue weighted by Crippen LogP contribution is -2.16. The van der Waals surface area contributed by atoms with Crippen molar-refractivity contribution < 1.29 is 14.5 Å². The van der Waals surface area contributed by atoms with E-state index < -0.39 is 10.8 Å². The highest BCUT2D eigenvalue weighted by atomic mass is 35.5. The fraction of sp³-hybridized carbons (Fsp3) is 0.150. The number of nitro groups is 1. The van der Waals surface area contributed by atoms with Crippen molar-refractivity contribution in [1.29, 1.82) is 0 Å². The fourth-order valence-electron chi connectivity index (χ4n) is 2.63. The Morgan fingerprint density at radius 2 is 2.06 bits per heavy atom. The molecular formula is C20H17Cl2N5O4S. The monoisotopic (exact) mass is 493 g/mol. The summed E-state index contributed by atoms with van der Waals surface area (Å²) >= 11 is 13.2. The molecule has 0 aliphatic rings. The van der Waals surface area contributed by atoms with E-state index in [1.165, 1.54) is 18.2 Å². The standard InChI is InChI=1S/C20H17Cl2N5O4S/c1-2-9-26-18(11-31-17-10-13(21)7-8-14(17)22)24-25-20(26)32-12-19(28)23-15-5-3-4-6-16(15)27(29)30/h2-8,10H,1,9,11-12H2,(H,23,28). The van der Waals surface area contributed by atoms with Crippen LogP contribution in [0.5, 0.6) is 5.75 Å². The van der Waals surface area contributed by atoms with Crippen molar-refractivity contribution in [2.45, 2.75) is 18.3 Å². The molecule has 0 saturated heterocycles. The number of rotatable bonds is 10. The number of para-hydroxylation sites is 2. The predicted molar refractivity (Wildman–Crippen MR) is 123 cm³/mol. The first-order valence-electron chi connectivity index (χ1n) is 9.16. The molecular weight excluding hydrogens is 477 g/mol. The highest BCUT2D eigenvalue weighted by Gasteiger charge is 2.17. The smallest absolute Gasteiger partial charge is 0.292 e. The van der Waals surface area contributed by atoms with Crippen LogP contribution in [-0.4, -0.2) is 31.3 Å². The minimum atomic E-state index is -0.554. The number of hydrogen-bond acceptors (Lipinski definition) is 7. The number of ether oxygens (including phenoxy) is 1. The maximum Gasteiger partial charge on any atom is 0.292 e. The van der Waals surface area contributed by atoms with Crippen molar-refractivity contribution in [2.24, 2.45) is 0 Å². The van der Waals surface area contributed by atoms with E-state index in [2.05, 4.69) is 22.1 Å². The van der Waals surface area contributed by atoms with Gasteiger partial charge in [0.25, 0.3) is 5.69 Å². The van der Waals surface area contributed by atoms with Crippen LogP contribution in [0.1, 0.15) is 5.82 Å². The Kier molecular flexibility index (Phi) is 8.09. The van der Waals surface area contributed by atoms with Crippen LogP contribution in [0.25, 0.3) is 0 Å². The first kappa shape index (κ1) is 23.6. The van der Waals surface area contributed by atoms with Gasteiger partial charge in [0.1, 0.15) is 18.0 Å². The van der Waals surface area contributed by atoms with Gasteiger partial charge in [-0.25, -0.2) is 0 Å². The van der Waals surface area contributed by atoms with Gasteiger partial charge in [-0.05, 0) is 18.2 Å². The van der Waals surface area contributed by atoms with Crippen LogP contribution in [0.4, 0.5) is 11.4 Å². The van der Waals surface area contributed by atoms with E-state index in [0.717, 1.165) is 11.8 Å². The predicted octanol–water partition coefficient (Wildman–Crippen LogP) is 4.99. The second-order valence-electron chi connectivity index (χ2n) is 6.27. The summed E-state index contributed by atoms with van der Waals surface area (Å²) in [6, 6.07) is 10.8. The van der Waals surface area contributed by atoms with Crippen molar-refractivity contribution >= 4 is 52.2 Å². The number of halogens is 2. The third kappa shape index (κ3) is 6.00. The Hall–Kier alpha value is -3.08. The minimum Gasteiger partial charge on any atom is -0.484 e. The van der Waals surface area contributed by atoms with E-state index in [9.17, 15) is 14.9 Å². The van der Waals surface area contributed by atoms with Crippen LogP contribution in [0.2, 0.25) is 10.0 Å². The molecule has 0 spiro atoms. The molecule has 3 rings (SSSR count). The summed E-state index contributed by atoms with van der Waals surface area (Å²) in [5.41, 5.74) is -0.0528. The zero-order valence-electron chi connectivity index (χ0n) is 16.5. The summed E-state index contributed by atoms with van der Waals surface area (Å²) in [6.07, 6.45) is 1.66. The van der Waals surface area contributed by atoms with Gasteiger partial charge in [-0.3, -0.25) is 19.5 Å². The van der Waals surface area contributed by atoms with E-state index in [1.807, 2.05) is 0 Å². The van der Waals surface area contributed by atoms with Gasteiger partial charge in [-0.1, -0.05) is 53.2 Å². The first-order chi connectivity index (χ1) is 15.4. The number of amides is 1. The summed E-state index contributed by atoms with van der Waals surface area (Å²) in [5.74, 6) is 0.469. The van der Waals surface area contributed by atoms with Crippen LogP contribution in [0, 0.1) is 10.1 Å².